The molecule has 0 bridgehead atoms. The van der Waals surface area contributed by atoms with Gasteiger partial charge in [-0.25, -0.2) is 13.6 Å². The van der Waals surface area contributed by atoms with Crippen molar-refractivity contribution in [1.82, 2.24) is 15.3 Å². The molecule has 1 atom stereocenters. The van der Waals surface area contributed by atoms with E-state index >= 15 is 0 Å². The van der Waals surface area contributed by atoms with E-state index in [1.807, 2.05) is 6.07 Å². The van der Waals surface area contributed by atoms with E-state index in [2.05, 4.69) is 15.3 Å². The Kier molecular flexibility index (Phi) is 5.88. The number of nitriles is 1. The number of amides is 1. The molecule has 0 aliphatic rings. The Hall–Kier alpha value is -2.73. The maximum atomic E-state index is 13.7. The van der Waals surface area contributed by atoms with Gasteiger partial charge in [0.25, 0.3) is 0 Å². The SMILES string of the molecule is Cc1[nH]c(=O)nc(SCC(=O)N[C@H](C)c2ccc(F)cc2F)c1C#N. The first kappa shape index (κ1) is 18.6. The number of carbonyl (C=O) groups excluding carboxylic acids is 1. The molecule has 1 aromatic heterocycles. The fourth-order valence-electron chi connectivity index (χ4n) is 2.14. The average molecular weight is 364 g/mol. The number of aryl methyl sites for hydroxylation is 1. The van der Waals surface area contributed by atoms with Gasteiger partial charge in [0.1, 0.15) is 28.3 Å². The molecule has 0 aliphatic heterocycles. The van der Waals surface area contributed by atoms with Gasteiger partial charge in [0.05, 0.1) is 11.8 Å². The van der Waals surface area contributed by atoms with Crippen LogP contribution in [0.25, 0.3) is 0 Å². The number of nitrogens with zero attached hydrogens (tertiary/aromatic N) is 2. The summed E-state index contributed by atoms with van der Waals surface area (Å²) in [5, 5.41) is 11.8. The first-order chi connectivity index (χ1) is 11.8. The molecule has 0 aliphatic carbocycles. The van der Waals surface area contributed by atoms with E-state index in [4.69, 9.17) is 5.26 Å². The van der Waals surface area contributed by atoms with E-state index in [1.165, 1.54) is 6.07 Å². The summed E-state index contributed by atoms with van der Waals surface area (Å²) in [6.07, 6.45) is 0. The number of hydrogen-bond acceptors (Lipinski definition) is 5. The van der Waals surface area contributed by atoms with E-state index in [-0.39, 0.29) is 21.9 Å². The first-order valence-corrected chi connectivity index (χ1v) is 8.18. The van der Waals surface area contributed by atoms with Crippen molar-refractivity contribution < 1.29 is 13.6 Å². The number of H-pyrrole nitrogens is 1. The van der Waals surface area contributed by atoms with E-state index in [0.29, 0.717) is 5.69 Å². The van der Waals surface area contributed by atoms with Crippen molar-refractivity contribution in [2.45, 2.75) is 24.9 Å². The van der Waals surface area contributed by atoms with Gasteiger partial charge in [-0.1, -0.05) is 17.8 Å². The van der Waals surface area contributed by atoms with Crippen LogP contribution in [-0.2, 0) is 4.79 Å². The molecule has 2 N–H and O–H groups in total. The predicted octanol–water partition coefficient (Wildman–Crippen LogP) is 2.20. The third-order valence-electron chi connectivity index (χ3n) is 3.34. The smallest absolute Gasteiger partial charge is 0.346 e. The van der Waals surface area contributed by atoms with Crippen LogP contribution in [0.15, 0.2) is 28.0 Å². The molecule has 25 heavy (non-hydrogen) atoms. The molecule has 2 rings (SSSR count). The van der Waals surface area contributed by atoms with Crippen molar-refractivity contribution in [2.75, 3.05) is 5.75 Å². The van der Waals surface area contributed by atoms with Crippen molar-refractivity contribution in [1.29, 1.82) is 5.26 Å². The summed E-state index contributed by atoms with van der Waals surface area (Å²) in [4.78, 5) is 29.5. The van der Waals surface area contributed by atoms with Crippen LogP contribution in [0.3, 0.4) is 0 Å². The minimum atomic E-state index is -0.751. The van der Waals surface area contributed by atoms with E-state index < -0.39 is 29.3 Å². The lowest BCUT2D eigenvalue weighted by Gasteiger charge is -2.15. The van der Waals surface area contributed by atoms with Gasteiger partial charge in [0, 0.05) is 17.3 Å². The van der Waals surface area contributed by atoms with E-state index in [1.54, 1.807) is 13.8 Å². The first-order valence-electron chi connectivity index (χ1n) is 7.20. The molecule has 2 aromatic rings. The van der Waals surface area contributed by atoms with Gasteiger partial charge in [-0.3, -0.25) is 4.79 Å². The molecule has 0 radical (unpaired) electrons. The average Bonchev–Trinajstić information content (AvgIpc) is 2.52. The standard InChI is InChI=1S/C16H14F2N4O2S/c1-8(11-4-3-10(17)5-13(11)18)20-14(23)7-25-15-12(6-19)9(2)21-16(24)22-15/h3-5,8H,7H2,1-2H3,(H,20,23)(H,21,22,24)/t8-/m1/s1. The lowest BCUT2D eigenvalue weighted by Crippen LogP contribution is -2.29. The number of aromatic nitrogens is 2. The number of aromatic amines is 1. The zero-order chi connectivity index (χ0) is 18.6. The van der Waals surface area contributed by atoms with Gasteiger partial charge in [0.2, 0.25) is 5.91 Å². The molecule has 1 heterocycles. The fourth-order valence-corrected chi connectivity index (χ4v) is 2.98. The summed E-state index contributed by atoms with van der Waals surface area (Å²) < 4.78 is 26.6. The predicted molar refractivity (Wildman–Crippen MR) is 87.9 cm³/mol. The third-order valence-corrected chi connectivity index (χ3v) is 4.32. The number of carbonyl (C=O) groups is 1. The van der Waals surface area contributed by atoms with Crippen LogP contribution >= 0.6 is 11.8 Å². The van der Waals surface area contributed by atoms with Crippen molar-refractivity contribution in [3.8, 4) is 6.07 Å². The molecule has 0 fully saturated rings. The van der Waals surface area contributed by atoms with Crippen molar-refractivity contribution in [3.05, 3.63) is 57.1 Å². The van der Waals surface area contributed by atoms with Gasteiger partial charge in [-0.2, -0.15) is 10.2 Å². The summed E-state index contributed by atoms with van der Waals surface area (Å²) in [5.74, 6) is -2.00. The minimum Gasteiger partial charge on any atom is -0.349 e. The quantitative estimate of drug-likeness (QED) is 0.626. The second kappa shape index (κ2) is 7.90. The number of nitrogens with one attached hydrogen (secondary N) is 2. The second-order valence-electron chi connectivity index (χ2n) is 5.20. The highest BCUT2D eigenvalue weighted by molar-refractivity contribution is 8.00. The molecule has 1 amide bonds. The Morgan fingerprint density at radius 1 is 1.48 bits per heavy atom. The highest BCUT2D eigenvalue weighted by atomic mass is 32.2. The molecule has 130 valence electrons. The summed E-state index contributed by atoms with van der Waals surface area (Å²) in [6.45, 7) is 3.13. The highest BCUT2D eigenvalue weighted by Crippen LogP contribution is 2.21. The Morgan fingerprint density at radius 2 is 2.20 bits per heavy atom. The van der Waals surface area contributed by atoms with E-state index in [0.717, 1.165) is 23.9 Å². The van der Waals surface area contributed by atoms with Gasteiger partial charge in [0.15, 0.2) is 0 Å². The van der Waals surface area contributed by atoms with Crippen LogP contribution in [0.1, 0.15) is 29.8 Å². The molecule has 1 aromatic carbocycles. The van der Waals surface area contributed by atoms with Gasteiger partial charge < -0.3 is 10.3 Å². The van der Waals surface area contributed by atoms with Crippen molar-refractivity contribution >= 4 is 17.7 Å². The molecular formula is C16H14F2N4O2S. The molecule has 0 unspecified atom stereocenters. The Balaban J connectivity index is 2.04. The number of halogens is 2. The fraction of sp³-hybridized carbons (Fsp3) is 0.250. The van der Waals surface area contributed by atoms with Crippen LogP contribution in [0.4, 0.5) is 8.78 Å². The summed E-state index contributed by atoms with van der Waals surface area (Å²) in [7, 11) is 0. The molecule has 0 spiro atoms. The van der Waals surface area contributed by atoms with Gasteiger partial charge in [-0.15, -0.1) is 0 Å². The second-order valence-corrected chi connectivity index (χ2v) is 6.17. The Morgan fingerprint density at radius 3 is 2.84 bits per heavy atom. The summed E-state index contributed by atoms with van der Waals surface area (Å²) >= 11 is 0.932. The van der Waals surface area contributed by atoms with Gasteiger partial charge >= 0.3 is 5.69 Å². The monoisotopic (exact) mass is 364 g/mol. The molecule has 6 nitrogen and oxygen atoms in total. The number of benzene rings is 1. The van der Waals surface area contributed by atoms with Crippen LogP contribution < -0.4 is 11.0 Å². The molecule has 0 saturated carbocycles. The topological polar surface area (TPSA) is 98.6 Å². The lowest BCUT2D eigenvalue weighted by molar-refractivity contribution is -0.119. The van der Waals surface area contributed by atoms with E-state index in [9.17, 15) is 18.4 Å². The summed E-state index contributed by atoms with van der Waals surface area (Å²) in [6, 6.07) is 4.37. The largest absolute Gasteiger partial charge is 0.349 e. The summed E-state index contributed by atoms with van der Waals surface area (Å²) in [5.41, 5.74) is 0.103. The third kappa shape index (κ3) is 4.64. The van der Waals surface area contributed by atoms with Gasteiger partial charge in [-0.05, 0) is 19.9 Å². The lowest BCUT2D eigenvalue weighted by atomic mass is 10.1. The molecular weight excluding hydrogens is 350 g/mol. The maximum absolute atomic E-state index is 13.7. The Bertz CT molecular complexity index is 908. The van der Waals surface area contributed by atoms with Crippen LogP contribution in [-0.4, -0.2) is 21.6 Å². The zero-order valence-electron chi connectivity index (χ0n) is 13.4. The maximum Gasteiger partial charge on any atom is 0.346 e. The number of rotatable bonds is 5. The van der Waals surface area contributed by atoms with Crippen molar-refractivity contribution in [2.24, 2.45) is 0 Å². The van der Waals surface area contributed by atoms with Crippen LogP contribution in [0.5, 0.6) is 0 Å². The van der Waals surface area contributed by atoms with Crippen molar-refractivity contribution in [3.63, 3.8) is 0 Å². The normalized spacial score (nSPS) is 11.6. The zero-order valence-corrected chi connectivity index (χ0v) is 14.2. The Labute approximate surface area is 146 Å². The molecule has 0 saturated heterocycles. The number of hydrogen-bond donors (Lipinski definition) is 2. The number of thioether (sulfide) groups is 1. The van der Waals surface area contributed by atoms with Crippen LogP contribution in [0.2, 0.25) is 0 Å². The van der Waals surface area contributed by atoms with Crippen LogP contribution in [0, 0.1) is 29.9 Å². The molecule has 9 heteroatoms. The highest BCUT2D eigenvalue weighted by Gasteiger charge is 2.16. The minimum absolute atomic E-state index is 0.113.